The summed E-state index contributed by atoms with van der Waals surface area (Å²) in [6.07, 6.45) is 1.58. The normalized spacial score (nSPS) is 11.2. The van der Waals surface area contributed by atoms with Crippen LogP contribution in [0.4, 0.5) is 10.8 Å². The van der Waals surface area contributed by atoms with E-state index in [1.807, 2.05) is 72.1 Å². The Morgan fingerprint density at radius 1 is 0.932 bits per heavy atom. The number of nitrogens with zero attached hydrogens (tertiary/aromatic N) is 2. The summed E-state index contributed by atoms with van der Waals surface area (Å²) in [5, 5.41) is 13.2. The summed E-state index contributed by atoms with van der Waals surface area (Å²) < 4.78 is 7.71. The number of rotatable bonds is 9. The quantitative estimate of drug-likeness (QED) is 0.114. The predicted molar refractivity (Wildman–Crippen MR) is 187 cm³/mol. The number of fused-ring (bicyclic) bond motifs is 1. The molecule has 1 heterocycles. The largest absolute Gasteiger partial charge is 0.487 e. The van der Waals surface area contributed by atoms with Gasteiger partial charge in [-0.25, -0.2) is 10.4 Å². The molecule has 6 nitrogen and oxygen atoms in total. The molecule has 218 valence electrons. The van der Waals surface area contributed by atoms with Gasteiger partial charge in [-0.15, -0.1) is 11.3 Å². The van der Waals surface area contributed by atoms with Gasteiger partial charge in [0.1, 0.15) is 12.4 Å². The molecule has 0 aliphatic rings. The van der Waals surface area contributed by atoms with Crippen molar-refractivity contribution in [3.8, 4) is 17.0 Å². The third-order valence-corrected chi connectivity index (χ3v) is 8.88. The highest BCUT2D eigenvalue weighted by Crippen LogP contribution is 2.35. The summed E-state index contributed by atoms with van der Waals surface area (Å²) in [7, 11) is 0. The number of aromatic nitrogens is 1. The summed E-state index contributed by atoms with van der Waals surface area (Å²) in [5.41, 5.74) is 7.59. The first-order chi connectivity index (χ1) is 21.4. The molecule has 2 N–H and O–H groups in total. The molecule has 0 aliphatic heterocycles. The zero-order valence-corrected chi connectivity index (χ0v) is 27.7. The monoisotopic (exact) mass is 744 g/mol. The molecule has 0 saturated heterocycles. The molecule has 6 aromatic rings. The fourth-order valence-electron chi connectivity index (χ4n) is 4.50. The van der Waals surface area contributed by atoms with Crippen molar-refractivity contribution in [2.45, 2.75) is 6.61 Å². The molecule has 0 unspecified atom stereocenters. The molecule has 1 amide bonds. The fraction of sp³-hybridized carbons (Fsp3) is 0.0294. The zero-order chi connectivity index (χ0) is 30.5. The van der Waals surface area contributed by atoms with Crippen molar-refractivity contribution in [1.82, 2.24) is 10.4 Å². The second kappa shape index (κ2) is 13.7. The molecular weight excluding hydrogens is 724 g/mol. The molecule has 44 heavy (non-hydrogen) atoms. The Labute approximate surface area is 280 Å². The minimum Gasteiger partial charge on any atom is -0.487 e. The number of carbonyl (C=O) groups excluding carboxylic acids is 1. The van der Waals surface area contributed by atoms with E-state index < -0.39 is 0 Å². The van der Waals surface area contributed by atoms with Crippen molar-refractivity contribution in [3.05, 3.63) is 139 Å². The Kier molecular flexibility index (Phi) is 9.37. The van der Waals surface area contributed by atoms with Gasteiger partial charge < -0.3 is 10.1 Å². The minimum absolute atomic E-state index is 0.315. The molecule has 0 bridgehead atoms. The number of carbonyl (C=O) groups is 1. The third-order valence-electron chi connectivity index (χ3n) is 6.69. The smallest absolute Gasteiger partial charge is 0.271 e. The first kappa shape index (κ1) is 30.0. The highest BCUT2D eigenvalue weighted by molar-refractivity contribution is 9.11. The minimum atomic E-state index is -0.315. The van der Waals surface area contributed by atoms with Gasteiger partial charge >= 0.3 is 0 Å². The lowest BCUT2D eigenvalue weighted by molar-refractivity contribution is 0.0955. The maximum Gasteiger partial charge on any atom is 0.271 e. The molecule has 0 aliphatic carbocycles. The van der Waals surface area contributed by atoms with E-state index in [1.165, 1.54) is 16.7 Å². The number of hydrazone groups is 1. The van der Waals surface area contributed by atoms with Crippen molar-refractivity contribution in [3.63, 3.8) is 0 Å². The Morgan fingerprint density at radius 2 is 1.66 bits per heavy atom. The summed E-state index contributed by atoms with van der Waals surface area (Å²) >= 11 is 14.7. The van der Waals surface area contributed by atoms with E-state index in [2.05, 4.69) is 77.0 Å². The van der Waals surface area contributed by atoms with E-state index in [4.69, 9.17) is 16.3 Å². The van der Waals surface area contributed by atoms with Crippen molar-refractivity contribution in [2.24, 2.45) is 5.10 Å². The van der Waals surface area contributed by atoms with Crippen molar-refractivity contribution in [2.75, 3.05) is 5.32 Å². The molecule has 6 rings (SSSR count). The first-order valence-corrected chi connectivity index (χ1v) is 16.3. The zero-order valence-electron chi connectivity index (χ0n) is 22.9. The maximum atomic E-state index is 12.7. The third kappa shape index (κ3) is 7.19. The number of ether oxygens (including phenoxy) is 1. The van der Waals surface area contributed by atoms with Gasteiger partial charge in [-0.05, 0) is 102 Å². The lowest BCUT2D eigenvalue weighted by Crippen LogP contribution is -2.17. The van der Waals surface area contributed by atoms with E-state index in [1.54, 1.807) is 18.3 Å². The van der Waals surface area contributed by atoms with Gasteiger partial charge in [0.05, 0.1) is 20.9 Å². The number of thiazole rings is 1. The molecule has 0 saturated carbocycles. The topological polar surface area (TPSA) is 75.6 Å². The van der Waals surface area contributed by atoms with Crippen molar-refractivity contribution >= 4 is 88.5 Å². The standard InChI is InChI=1S/C34H23Br2ClN4O2S/c35-29-16-21(17-30(36)32(29)43-19-25-6-3-5-22-4-1-2-7-28(22)25)18-38-41-33(42)24-10-8-23(9-11-24)31-20-44-34(40-31)39-27-14-12-26(37)13-15-27/h1-18,20H,19H2,(H,39,40)(H,41,42)/b38-18-. The number of hydrogen-bond donors (Lipinski definition) is 2. The van der Waals surface area contributed by atoms with Crippen LogP contribution in [-0.2, 0) is 6.61 Å². The van der Waals surface area contributed by atoms with Crippen molar-refractivity contribution < 1.29 is 9.53 Å². The lowest BCUT2D eigenvalue weighted by atomic mass is 10.1. The van der Waals surface area contributed by atoms with E-state index in [-0.39, 0.29) is 5.91 Å². The Bertz CT molecular complexity index is 1950. The number of benzene rings is 5. The maximum absolute atomic E-state index is 12.7. The van der Waals surface area contributed by atoms with Crippen molar-refractivity contribution in [1.29, 1.82) is 0 Å². The van der Waals surface area contributed by atoms with E-state index in [0.29, 0.717) is 22.9 Å². The molecule has 0 spiro atoms. The molecular formula is C34H23Br2ClN4O2S. The second-order valence-electron chi connectivity index (χ2n) is 9.69. The number of anilines is 2. The average Bonchev–Trinajstić information content (AvgIpc) is 3.50. The summed E-state index contributed by atoms with van der Waals surface area (Å²) in [6.45, 7) is 0.421. The SMILES string of the molecule is O=C(N/N=C\c1cc(Br)c(OCc2cccc3ccccc23)c(Br)c1)c1ccc(-c2csc(Nc3ccc(Cl)cc3)n2)cc1. The van der Waals surface area contributed by atoms with Crippen LogP contribution in [0.3, 0.4) is 0 Å². The van der Waals surface area contributed by atoms with Crippen LogP contribution < -0.4 is 15.5 Å². The number of halogens is 3. The summed E-state index contributed by atoms with van der Waals surface area (Å²) in [4.78, 5) is 17.4. The van der Waals surface area contributed by atoms with Crippen LogP contribution in [0.25, 0.3) is 22.0 Å². The summed E-state index contributed by atoms with van der Waals surface area (Å²) in [6, 6.07) is 32.9. The number of nitrogens with one attached hydrogen (secondary N) is 2. The van der Waals surface area contributed by atoms with Crippen LogP contribution in [0.5, 0.6) is 5.75 Å². The van der Waals surface area contributed by atoms with Crippen LogP contribution in [0.15, 0.2) is 123 Å². The van der Waals surface area contributed by atoms with Crippen LogP contribution >= 0.6 is 54.8 Å². The fourth-order valence-corrected chi connectivity index (χ4v) is 6.82. The van der Waals surface area contributed by atoms with Crippen LogP contribution in [0, 0.1) is 0 Å². The van der Waals surface area contributed by atoms with Gasteiger partial charge in [0, 0.05) is 27.2 Å². The second-order valence-corrected chi connectivity index (χ2v) is 12.7. The van der Waals surface area contributed by atoms with Gasteiger partial charge in [0.25, 0.3) is 5.91 Å². The Hall–Kier alpha value is -4.02. The van der Waals surface area contributed by atoms with Gasteiger partial charge in [0.2, 0.25) is 0 Å². The molecule has 1 aromatic heterocycles. The average molecular weight is 747 g/mol. The Balaban J connectivity index is 1.05. The van der Waals surface area contributed by atoms with Crippen LogP contribution in [-0.4, -0.2) is 17.1 Å². The van der Waals surface area contributed by atoms with Gasteiger partial charge in [0.15, 0.2) is 5.13 Å². The van der Waals surface area contributed by atoms with E-state index >= 15 is 0 Å². The highest BCUT2D eigenvalue weighted by atomic mass is 79.9. The van der Waals surface area contributed by atoms with Gasteiger partial charge in [-0.1, -0.05) is 66.2 Å². The van der Waals surface area contributed by atoms with Crippen LogP contribution in [0.1, 0.15) is 21.5 Å². The molecule has 0 fully saturated rings. The molecule has 0 radical (unpaired) electrons. The van der Waals surface area contributed by atoms with Gasteiger partial charge in [-0.2, -0.15) is 5.10 Å². The first-order valence-electron chi connectivity index (χ1n) is 13.4. The highest BCUT2D eigenvalue weighted by Gasteiger charge is 2.11. The van der Waals surface area contributed by atoms with E-state index in [0.717, 1.165) is 47.5 Å². The molecule has 0 atom stereocenters. The summed E-state index contributed by atoms with van der Waals surface area (Å²) in [5.74, 6) is 0.372. The van der Waals surface area contributed by atoms with Gasteiger partial charge in [-0.3, -0.25) is 4.79 Å². The van der Waals surface area contributed by atoms with Crippen LogP contribution in [0.2, 0.25) is 5.02 Å². The molecule has 5 aromatic carbocycles. The predicted octanol–water partition coefficient (Wildman–Crippen LogP) is 10.2. The Morgan fingerprint density at radius 3 is 2.43 bits per heavy atom. The molecule has 10 heteroatoms. The number of amides is 1. The van der Waals surface area contributed by atoms with E-state index in [9.17, 15) is 4.79 Å². The number of hydrogen-bond acceptors (Lipinski definition) is 6. The lowest BCUT2D eigenvalue weighted by Gasteiger charge is -2.13.